The van der Waals surface area contributed by atoms with Gasteiger partial charge in [0.05, 0.1) is 4.90 Å². The zero-order valence-corrected chi connectivity index (χ0v) is 20.3. The fraction of sp³-hybridized carbons (Fsp3) is 0.143. The molecule has 0 spiro atoms. The second kappa shape index (κ2) is 10.4. The van der Waals surface area contributed by atoms with Crippen LogP contribution >= 0.6 is 10.3 Å². The third kappa shape index (κ3) is 5.06. The van der Waals surface area contributed by atoms with E-state index in [4.69, 9.17) is 3.63 Å². The molecule has 0 bridgehead atoms. The molecule has 0 aromatic heterocycles. The van der Waals surface area contributed by atoms with Crippen LogP contribution in [-0.2, 0) is 20.2 Å². The summed E-state index contributed by atoms with van der Waals surface area (Å²) in [6.45, 7) is 2.18. The lowest BCUT2D eigenvalue weighted by Crippen LogP contribution is -2.14. The average Bonchev–Trinajstić information content (AvgIpc) is 2.88. The molecule has 0 unspecified atom stereocenters. The van der Waals surface area contributed by atoms with Gasteiger partial charge in [-0.05, 0) is 77.2 Å². The molecule has 4 rings (SSSR count). The molecule has 33 heavy (non-hydrogen) atoms. The van der Waals surface area contributed by atoms with Gasteiger partial charge >= 0.3 is 10.1 Å². The molecular weight excluding hydrogens is 448 g/mol. The van der Waals surface area contributed by atoms with Crippen molar-refractivity contribution in [1.82, 2.24) is 0 Å². The van der Waals surface area contributed by atoms with Crippen molar-refractivity contribution in [2.75, 3.05) is 0 Å². The Bertz CT molecular complexity index is 1220. The first-order valence-electron chi connectivity index (χ1n) is 11.1. The Kier molecular flexibility index (Phi) is 7.33. The highest BCUT2D eigenvalue weighted by molar-refractivity contribution is 8.33. The summed E-state index contributed by atoms with van der Waals surface area (Å²) in [5.41, 5.74) is 1.24. The van der Waals surface area contributed by atoms with Gasteiger partial charge in [0.15, 0.2) is 0 Å². The van der Waals surface area contributed by atoms with Gasteiger partial charge in [-0.15, -0.1) is 0 Å². The van der Waals surface area contributed by atoms with E-state index >= 15 is 0 Å². The maximum atomic E-state index is 13.6. The molecule has 0 fully saturated rings. The molecule has 0 aliphatic heterocycles. The van der Waals surface area contributed by atoms with Crippen LogP contribution in [0.4, 0.5) is 0 Å². The highest BCUT2D eigenvalue weighted by Crippen LogP contribution is 2.70. The first kappa shape index (κ1) is 23.3. The lowest BCUT2D eigenvalue weighted by molar-refractivity contribution is 0.508. The minimum atomic E-state index is -4.05. The molecule has 4 aromatic rings. The van der Waals surface area contributed by atoms with E-state index in [1.165, 1.54) is 5.56 Å². The smallest absolute Gasteiger partial charge is 0.203 e. The van der Waals surface area contributed by atoms with Gasteiger partial charge in [-0.25, -0.2) is 3.63 Å². The van der Waals surface area contributed by atoms with Gasteiger partial charge < -0.3 is 0 Å². The highest BCUT2D eigenvalue weighted by atomic mass is 32.3. The number of hydrogen-bond acceptors (Lipinski definition) is 3. The number of benzene rings is 4. The van der Waals surface area contributed by atoms with Gasteiger partial charge in [-0.3, -0.25) is 0 Å². The fourth-order valence-corrected chi connectivity index (χ4v) is 8.98. The molecule has 0 aliphatic carbocycles. The molecule has 0 radical (unpaired) electrons. The molecule has 4 aromatic carbocycles. The Hall–Kier alpha value is -2.86. The molecule has 0 amide bonds. The summed E-state index contributed by atoms with van der Waals surface area (Å²) in [5.74, 6) is 0. The van der Waals surface area contributed by atoms with Crippen molar-refractivity contribution in [3.05, 3.63) is 121 Å². The van der Waals surface area contributed by atoms with Crippen molar-refractivity contribution in [3.8, 4) is 0 Å². The predicted molar refractivity (Wildman–Crippen MR) is 135 cm³/mol. The lowest BCUT2D eigenvalue weighted by atomic mass is 10.1. The molecule has 0 atom stereocenters. The van der Waals surface area contributed by atoms with Gasteiger partial charge in [0.25, 0.3) is 0 Å². The van der Waals surface area contributed by atoms with E-state index in [0.29, 0.717) is 0 Å². The predicted octanol–water partition coefficient (Wildman–Crippen LogP) is 7.63. The van der Waals surface area contributed by atoms with E-state index in [-0.39, 0.29) is 4.90 Å². The number of aryl methyl sites for hydroxylation is 1. The maximum Gasteiger partial charge on any atom is 0.307 e. The normalized spacial score (nSPS) is 12.4. The van der Waals surface area contributed by atoms with E-state index in [2.05, 4.69) is 19.1 Å². The second-order valence-electron chi connectivity index (χ2n) is 7.77. The zero-order valence-electron chi connectivity index (χ0n) is 18.6. The third-order valence-electron chi connectivity index (χ3n) is 5.45. The lowest BCUT2D eigenvalue weighted by Gasteiger charge is -2.39. The van der Waals surface area contributed by atoms with Crippen LogP contribution in [0.15, 0.2) is 135 Å². The Morgan fingerprint density at radius 3 is 1.45 bits per heavy atom. The van der Waals surface area contributed by atoms with Crippen molar-refractivity contribution in [3.63, 3.8) is 0 Å². The molecule has 0 aliphatic rings. The van der Waals surface area contributed by atoms with Crippen LogP contribution in [0.1, 0.15) is 25.3 Å². The van der Waals surface area contributed by atoms with Gasteiger partial charge in [-0.1, -0.05) is 80.1 Å². The number of unbranched alkanes of at least 4 members (excludes halogenated alkanes) is 1. The SMILES string of the molecule is CCCCc1ccc(S(OS(=O)(=O)c2ccccc2)(c2ccccc2)c2ccccc2)cc1. The van der Waals surface area contributed by atoms with Crippen molar-refractivity contribution in [1.29, 1.82) is 0 Å². The molecule has 0 heterocycles. The van der Waals surface area contributed by atoms with E-state index < -0.39 is 20.4 Å². The van der Waals surface area contributed by atoms with Crippen molar-refractivity contribution in [2.45, 2.75) is 45.8 Å². The first-order chi connectivity index (χ1) is 16.1. The van der Waals surface area contributed by atoms with Gasteiger partial charge in [-0.2, -0.15) is 8.42 Å². The summed E-state index contributed by atoms with van der Waals surface area (Å²) < 4.78 is 33.5. The van der Waals surface area contributed by atoms with Crippen molar-refractivity contribution in [2.24, 2.45) is 0 Å². The Morgan fingerprint density at radius 2 is 1.00 bits per heavy atom. The molecule has 0 saturated carbocycles. The van der Waals surface area contributed by atoms with Crippen LogP contribution in [0, 0.1) is 0 Å². The summed E-state index contributed by atoms with van der Waals surface area (Å²) >= 11 is 0. The van der Waals surface area contributed by atoms with E-state index in [1.54, 1.807) is 30.3 Å². The summed E-state index contributed by atoms with van der Waals surface area (Å²) in [5, 5.41) is 0. The van der Waals surface area contributed by atoms with E-state index in [1.807, 2.05) is 72.8 Å². The van der Waals surface area contributed by atoms with Crippen LogP contribution in [0.25, 0.3) is 0 Å². The van der Waals surface area contributed by atoms with Crippen LogP contribution in [0.5, 0.6) is 0 Å². The van der Waals surface area contributed by atoms with Crippen molar-refractivity contribution >= 4 is 20.4 Å². The Morgan fingerprint density at radius 1 is 0.576 bits per heavy atom. The first-order valence-corrected chi connectivity index (χ1v) is 14.1. The van der Waals surface area contributed by atoms with Crippen LogP contribution in [0.3, 0.4) is 0 Å². The van der Waals surface area contributed by atoms with Gasteiger partial charge in [0, 0.05) is 14.7 Å². The van der Waals surface area contributed by atoms with Crippen LogP contribution < -0.4 is 0 Å². The van der Waals surface area contributed by atoms with E-state index in [0.717, 1.165) is 33.9 Å². The molecule has 0 saturated heterocycles. The molecule has 3 nitrogen and oxygen atoms in total. The Labute approximate surface area is 198 Å². The molecule has 5 heteroatoms. The average molecular weight is 477 g/mol. The monoisotopic (exact) mass is 476 g/mol. The minimum Gasteiger partial charge on any atom is -0.203 e. The van der Waals surface area contributed by atoms with Crippen molar-refractivity contribution < 1.29 is 12.0 Å². The number of hydrogen-bond donors (Lipinski definition) is 0. The fourth-order valence-electron chi connectivity index (χ4n) is 3.74. The standard InChI is InChI=1S/C28H28O3S2/c1-2-3-13-24-20-22-27(23-21-24)32(25-14-7-4-8-15-25,26-16-9-5-10-17-26)31-33(29,30)28-18-11-6-12-19-28/h4-12,14-23H,2-3,13H2,1H3. The minimum absolute atomic E-state index is 0.147. The summed E-state index contributed by atoms with van der Waals surface area (Å²) in [4.78, 5) is 2.65. The van der Waals surface area contributed by atoms with Gasteiger partial charge in [0.2, 0.25) is 0 Å². The van der Waals surface area contributed by atoms with Crippen LogP contribution in [0.2, 0.25) is 0 Å². The number of rotatable bonds is 9. The molecule has 170 valence electrons. The molecule has 0 N–H and O–H groups in total. The zero-order chi connectivity index (χ0) is 23.2. The topological polar surface area (TPSA) is 43.4 Å². The summed E-state index contributed by atoms with van der Waals surface area (Å²) in [6, 6.07) is 36.0. The Balaban J connectivity index is 1.94. The quantitative estimate of drug-likeness (QED) is 0.249. The van der Waals surface area contributed by atoms with Gasteiger partial charge in [0.1, 0.15) is 0 Å². The van der Waals surface area contributed by atoms with Crippen LogP contribution in [-0.4, -0.2) is 8.42 Å². The van der Waals surface area contributed by atoms with E-state index in [9.17, 15) is 8.42 Å². The second-order valence-corrected chi connectivity index (χ2v) is 12.2. The highest BCUT2D eigenvalue weighted by Gasteiger charge is 2.38. The maximum absolute atomic E-state index is 13.6. The summed E-state index contributed by atoms with van der Waals surface area (Å²) in [7, 11) is -6.61. The summed E-state index contributed by atoms with van der Waals surface area (Å²) in [6.07, 6.45) is 3.25. The third-order valence-corrected chi connectivity index (χ3v) is 10.6. The molecular formula is C28H28O3S2. The largest absolute Gasteiger partial charge is 0.307 e.